The Morgan fingerprint density at radius 3 is 2.92 bits per heavy atom. The van der Waals surface area contributed by atoms with E-state index in [2.05, 4.69) is 29.5 Å². The highest BCUT2D eigenvalue weighted by molar-refractivity contribution is 14.1. The molecule has 0 bridgehead atoms. The lowest BCUT2D eigenvalue weighted by molar-refractivity contribution is 0.264. The van der Waals surface area contributed by atoms with E-state index >= 15 is 0 Å². The van der Waals surface area contributed by atoms with Crippen LogP contribution < -0.4 is 10.5 Å². The largest absolute Gasteiger partial charge is 0.493 e. The molecule has 0 heterocycles. The maximum Gasteiger partial charge on any atom is 0.120 e. The van der Waals surface area contributed by atoms with Crippen LogP contribution in [0.25, 0.3) is 0 Å². The summed E-state index contributed by atoms with van der Waals surface area (Å²) in [6, 6.07) is 8.01. The molecule has 0 aliphatic rings. The standard InChI is InChI=1S/C10H14INO/c1-8(6-12)7-13-10-4-2-3-9(11)5-10/h2-5,8H,6-7,12H2,1H3. The Morgan fingerprint density at radius 2 is 2.31 bits per heavy atom. The molecule has 0 aliphatic carbocycles. The molecule has 0 amide bonds. The highest BCUT2D eigenvalue weighted by atomic mass is 127. The first-order valence-corrected chi connectivity index (χ1v) is 5.38. The molecule has 0 saturated carbocycles. The van der Waals surface area contributed by atoms with Crippen molar-refractivity contribution in [3.8, 4) is 5.75 Å². The molecule has 0 aromatic heterocycles. The van der Waals surface area contributed by atoms with Crippen molar-refractivity contribution >= 4 is 22.6 Å². The van der Waals surface area contributed by atoms with E-state index in [1.165, 1.54) is 3.57 Å². The second-order valence-electron chi connectivity index (χ2n) is 3.11. The lowest BCUT2D eigenvalue weighted by Gasteiger charge is -2.10. The highest BCUT2D eigenvalue weighted by Gasteiger charge is 2.00. The average Bonchev–Trinajstić information content (AvgIpc) is 2.14. The molecule has 0 spiro atoms. The Kier molecular flexibility index (Phi) is 4.52. The molecule has 1 aromatic rings. The molecule has 1 unspecified atom stereocenters. The highest BCUT2D eigenvalue weighted by Crippen LogP contribution is 2.15. The summed E-state index contributed by atoms with van der Waals surface area (Å²) >= 11 is 2.27. The van der Waals surface area contributed by atoms with Crippen LogP contribution in [0, 0.1) is 9.49 Å². The summed E-state index contributed by atoms with van der Waals surface area (Å²) in [5.74, 6) is 1.34. The van der Waals surface area contributed by atoms with Crippen LogP contribution in [0.5, 0.6) is 5.75 Å². The van der Waals surface area contributed by atoms with Crippen molar-refractivity contribution in [1.82, 2.24) is 0 Å². The molecule has 13 heavy (non-hydrogen) atoms. The van der Waals surface area contributed by atoms with E-state index in [1.807, 2.05) is 24.3 Å². The third-order valence-corrected chi connectivity index (χ3v) is 2.40. The average molecular weight is 291 g/mol. The summed E-state index contributed by atoms with van der Waals surface area (Å²) in [4.78, 5) is 0. The van der Waals surface area contributed by atoms with Crippen molar-refractivity contribution in [2.45, 2.75) is 6.92 Å². The minimum atomic E-state index is 0.415. The van der Waals surface area contributed by atoms with Gasteiger partial charge in [0.05, 0.1) is 6.61 Å². The summed E-state index contributed by atoms with van der Waals surface area (Å²) < 4.78 is 6.74. The van der Waals surface area contributed by atoms with Crippen LogP contribution in [0.1, 0.15) is 6.92 Å². The van der Waals surface area contributed by atoms with Crippen LogP contribution in [0.3, 0.4) is 0 Å². The van der Waals surface area contributed by atoms with Crippen LogP contribution in [-0.4, -0.2) is 13.2 Å². The van der Waals surface area contributed by atoms with Crippen molar-refractivity contribution in [2.24, 2.45) is 11.7 Å². The monoisotopic (exact) mass is 291 g/mol. The number of halogens is 1. The normalized spacial score (nSPS) is 12.5. The molecule has 2 nitrogen and oxygen atoms in total. The number of nitrogens with two attached hydrogens (primary N) is 1. The van der Waals surface area contributed by atoms with Gasteiger partial charge in [-0.3, -0.25) is 0 Å². The van der Waals surface area contributed by atoms with Gasteiger partial charge in [-0.25, -0.2) is 0 Å². The second kappa shape index (κ2) is 5.44. The van der Waals surface area contributed by atoms with E-state index in [4.69, 9.17) is 10.5 Å². The van der Waals surface area contributed by atoms with Crippen molar-refractivity contribution < 1.29 is 4.74 Å². The van der Waals surface area contributed by atoms with Crippen LogP contribution in [0.2, 0.25) is 0 Å². The van der Waals surface area contributed by atoms with Crippen molar-refractivity contribution in [3.05, 3.63) is 27.8 Å². The van der Waals surface area contributed by atoms with Crippen molar-refractivity contribution in [1.29, 1.82) is 0 Å². The number of ether oxygens (including phenoxy) is 1. The quantitative estimate of drug-likeness (QED) is 0.864. The Bertz CT molecular complexity index is 265. The molecule has 1 rings (SSSR count). The van der Waals surface area contributed by atoms with Gasteiger partial charge in [-0.15, -0.1) is 0 Å². The Balaban J connectivity index is 2.45. The Morgan fingerprint density at radius 1 is 1.54 bits per heavy atom. The third kappa shape index (κ3) is 3.95. The molecule has 1 atom stereocenters. The zero-order valence-electron chi connectivity index (χ0n) is 7.66. The van der Waals surface area contributed by atoms with E-state index in [-0.39, 0.29) is 0 Å². The van der Waals surface area contributed by atoms with Crippen LogP contribution in [0.4, 0.5) is 0 Å². The zero-order chi connectivity index (χ0) is 9.68. The van der Waals surface area contributed by atoms with E-state index in [0.29, 0.717) is 19.1 Å². The molecule has 0 radical (unpaired) electrons. The van der Waals surface area contributed by atoms with Gasteiger partial charge in [0.25, 0.3) is 0 Å². The number of hydrogen-bond donors (Lipinski definition) is 1. The van der Waals surface area contributed by atoms with E-state index in [9.17, 15) is 0 Å². The fourth-order valence-corrected chi connectivity index (χ4v) is 1.38. The molecule has 3 heteroatoms. The lowest BCUT2D eigenvalue weighted by Crippen LogP contribution is -2.18. The number of rotatable bonds is 4. The van der Waals surface area contributed by atoms with Gasteiger partial charge in [-0.05, 0) is 47.3 Å². The predicted molar refractivity (Wildman–Crippen MR) is 62.9 cm³/mol. The molecule has 0 aliphatic heterocycles. The first kappa shape index (κ1) is 10.8. The van der Waals surface area contributed by atoms with Gasteiger partial charge >= 0.3 is 0 Å². The van der Waals surface area contributed by atoms with Gasteiger partial charge in [0.1, 0.15) is 5.75 Å². The van der Waals surface area contributed by atoms with E-state index in [1.54, 1.807) is 0 Å². The number of benzene rings is 1. The number of hydrogen-bond acceptors (Lipinski definition) is 2. The minimum absolute atomic E-state index is 0.415. The maximum absolute atomic E-state index is 5.55. The van der Waals surface area contributed by atoms with E-state index in [0.717, 1.165) is 5.75 Å². The molecular weight excluding hydrogens is 277 g/mol. The molecule has 72 valence electrons. The molecule has 2 N–H and O–H groups in total. The van der Waals surface area contributed by atoms with Gasteiger partial charge in [0, 0.05) is 9.49 Å². The van der Waals surface area contributed by atoms with Crippen LogP contribution in [-0.2, 0) is 0 Å². The summed E-state index contributed by atoms with van der Waals surface area (Å²) in [7, 11) is 0. The Hall–Kier alpha value is -0.290. The van der Waals surface area contributed by atoms with Crippen LogP contribution in [0.15, 0.2) is 24.3 Å². The fourth-order valence-electron chi connectivity index (χ4n) is 0.863. The van der Waals surface area contributed by atoms with Gasteiger partial charge in [0.2, 0.25) is 0 Å². The molecule has 0 saturated heterocycles. The summed E-state index contributed by atoms with van der Waals surface area (Å²) in [5.41, 5.74) is 5.48. The first-order chi connectivity index (χ1) is 6.22. The van der Waals surface area contributed by atoms with Gasteiger partial charge in [-0.1, -0.05) is 13.0 Å². The fraction of sp³-hybridized carbons (Fsp3) is 0.400. The third-order valence-electron chi connectivity index (χ3n) is 1.73. The van der Waals surface area contributed by atoms with E-state index < -0.39 is 0 Å². The van der Waals surface area contributed by atoms with Gasteiger partial charge in [0.15, 0.2) is 0 Å². The predicted octanol–water partition coefficient (Wildman–Crippen LogP) is 2.26. The topological polar surface area (TPSA) is 35.2 Å². The smallest absolute Gasteiger partial charge is 0.120 e. The Labute approximate surface area is 92.6 Å². The summed E-state index contributed by atoms with van der Waals surface area (Å²) in [5, 5.41) is 0. The second-order valence-corrected chi connectivity index (χ2v) is 4.35. The maximum atomic E-state index is 5.55. The zero-order valence-corrected chi connectivity index (χ0v) is 9.82. The lowest BCUT2D eigenvalue weighted by atomic mass is 10.2. The molecule has 0 fully saturated rings. The van der Waals surface area contributed by atoms with Crippen LogP contribution >= 0.6 is 22.6 Å². The van der Waals surface area contributed by atoms with Gasteiger partial charge in [-0.2, -0.15) is 0 Å². The molecular formula is C10H14INO. The summed E-state index contributed by atoms with van der Waals surface area (Å²) in [6.45, 7) is 3.44. The molecule has 1 aromatic carbocycles. The summed E-state index contributed by atoms with van der Waals surface area (Å²) in [6.07, 6.45) is 0. The van der Waals surface area contributed by atoms with Crippen molar-refractivity contribution in [3.63, 3.8) is 0 Å². The first-order valence-electron chi connectivity index (χ1n) is 4.31. The minimum Gasteiger partial charge on any atom is -0.493 e. The van der Waals surface area contributed by atoms with Gasteiger partial charge < -0.3 is 10.5 Å². The SMILES string of the molecule is CC(CN)COc1cccc(I)c1. The van der Waals surface area contributed by atoms with Crippen molar-refractivity contribution in [2.75, 3.05) is 13.2 Å².